The van der Waals surface area contributed by atoms with Gasteiger partial charge in [0.15, 0.2) is 0 Å². The lowest BCUT2D eigenvalue weighted by Gasteiger charge is -2.15. The van der Waals surface area contributed by atoms with Crippen molar-refractivity contribution in [1.29, 1.82) is 5.26 Å². The predicted octanol–water partition coefficient (Wildman–Crippen LogP) is 1.58. The molecule has 20 heavy (non-hydrogen) atoms. The Morgan fingerprint density at radius 2 is 1.90 bits per heavy atom. The first-order valence-corrected chi connectivity index (χ1v) is 6.52. The molecule has 1 fully saturated rings. The van der Waals surface area contributed by atoms with Gasteiger partial charge in [-0.3, -0.25) is 14.5 Å². The van der Waals surface area contributed by atoms with Crippen molar-refractivity contribution in [2.24, 2.45) is 11.8 Å². The second-order valence-electron chi connectivity index (χ2n) is 4.89. The van der Waals surface area contributed by atoms with E-state index in [0.717, 1.165) is 0 Å². The average molecular weight is 272 g/mol. The Bertz CT molecular complexity index is 557. The second kappa shape index (κ2) is 5.74. The van der Waals surface area contributed by atoms with E-state index in [1.54, 1.807) is 38.1 Å². The highest BCUT2D eigenvalue weighted by Crippen LogP contribution is 2.25. The maximum atomic E-state index is 11.9. The van der Waals surface area contributed by atoms with Gasteiger partial charge < -0.3 is 4.74 Å². The van der Waals surface area contributed by atoms with Crippen LogP contribution in [0.25, 0.3) is 0 Å². The molecule has 5 nitrogen and oxygen atoms in total. The number of rotatable bonds is 4. The summed E-state index contributed by atoms with van der Waals surface area (Å²) in [5, 5.41) is 8.78. The zero-order chi connectivity index (χ0) is 14.7. The van der Waals surface area contributed by atoms with Crippen LogP contribution in [0.4, 0.5) is 0 Å². The lowest BCUT2D eigenvalue weighted by molar-refractivity contribution is -0.140. The third kappa shape index (κ3) is 2.64. The number of likely N-dealkylation sites (tertiary alicyclic amines) is 1. The molecule has 0 saturated carbocycles. The van der Waals surface area contributed by atoms with E-state index in [0.29, 0.717) is 11.3 Å². The molecule has 0 spiro atoms. The van der Waals surface area contributed by atoms with Crippen LogP contribution in [0.5, 0.6) is 5.75 Å². The van der Waals surface area contributed by atoms with Gasteiger partial charge in [0.1, 0.15) is 12.4 Å². The molecule has 0 aliphatic carbocycles. The first kappa shape index (κ1) is 14.1. The number of imide groups is 1. The van der Waals surface area contributed by atoms with Crippen LogP contribution in [-0.2, 0) is 9.59 Å². The van der Waals surface area contributed by atoms with Crippen LogP contribution in [0.3, 0.4) is 0 Å². The fourth-order valence-corrected chi connectivity index (χ4v) is 2.16. The smallest absolute Gasteiger partial charge is 0.232 e. The van der Waals surface area contributed by atoms with E-state index >= 15 is 0 Å². The molecule has 5 heteroatoms. The quantitative estimate of drug-likeness (QED) is 0.780. The van der Waals surface area contributed by atoms with E-state index in [1.807, 2.05) is 6.07 Å². The van der Waals surface area contributed by atoms with Crippen LogP contribution in [0.2, 0.25) is 0 Å². The van der Waals surface area contributed by atoms with E-state index < -0.39 is 0 Å². The van der Waals surface area contributed by atoms with Crippen molar-refractivity contribution in [2.45, 2.75) is 13.8 Å². The maximum absolute atomic E-state index is 11.9. The largest absolute Gasteiger partial charge is 0.492 e. The van der Waals surface area contributed by atoms with Crippen molar-refractivity contribution in [2.75, 3.05) is 13.2 Å². The maximum Gasteiger partial charge on any atom is 0.232 e. The van der Waals surface area contributed by atoms with Crippen LogP contribution in [0, 0.1) is 23.2 Å². The fourth-order valence-electron chi connectivity index (χ4n) is 2.16. The molecule has 1 heterocycles. The molecule has 1 aromatic rings. The van der Waals surface area contributed by atoms with Crippen molar-refractivity contribution in [3.8, 4) is 11.8 Å². The number of ether oxygens (including phenoxy) is 1. The van der Waals surface area contributed by atoms with Crippen LogP contribution >= 0.6 is 0 Å². The third-order valence-electron chi connectivity index (χ3n) is 3.61. The first-order chi connectivity index (χ1) is 9.54. The number of carbonyl (C=O) groups is 2. The number of amides is 2. The lowest BCUT2D eigenvalue weighted by atomic mass is 10.00. The van der Waals surface area contributed by atoms with Gasteiger partial charge in [0.25, 0.3) is 0 Å². The summed E-state index contributed by atoms with van der Waals surface area (Å²) in [6, 6.07) is 8.80. The molecule has 2 rings (SSSR count). The summed E-state index contributed by atoms with van der Waals surface area (Å²) < 4.78 is 5.48. The van der Waals surface area contributed by atoms with Crippen molar-refractivity contribution < 1.29 is 14.3 Å². The molecule has 1 saturated heterocycles. The Balaban J connectivity index is 1.92. The van der Waals surface area contributed by atoms with Gasteiger partial charge in [-0.1, -0.05) is 19.9 Å². The Kier molecular flexibility index (Phi) is 4.04. The van der Waals surface area contributed by atoms with Gasteiger partial charge >= 0.3 is 0 Å². The zero-order valence-electron chi connectivity index (χ0n) is 11.5. The Hall–Kier alpha value is -2.35. The minimum atomic E-state index is -0.260. The Morgan fingerprint density at radius 1 is 1.25 bits per heavy atom. The predicted molar refractivity (Wildman–Crippen MR) is 71.7 cm³/mol. The summed E-state index contributed by atoms with van der Waals surface area (Å²) in [7, 11) is 0. The summed E-state index contributed by atoms with van der Waals surface area (Å²) in [4.78, 5) is 25.0. The van der Waals surface area contributed by atoms with Crippen LogP contribution in [0.15, 0.2) is 24.3 Å². The molecule has 2 atom stereocenters. The monoisotopic (exact) mass is 272 g/mol. The molecule has 2 amide bonds. The molecule has 1 aromatic carbocycles. The Morgan fingerprint density at radius 3 is 2.50 bits per heavy atom. The third-order valence-corrected chi connectivity index (χ3v) is 3.61. The van der Waals surface area contributed by atoms with Crippen LogP contribution in [-0.4, -0.2) is 29.9 Å². The SMILES string of the molecule is CC1C(=O)N(CCOc2cccc(C#N)c2)C(=O)C1C. The lowest BCUT2D eigenvalue weighted by Crippen LogP contribution is -2.34. The standard InChI is InChI=1S/C15H16N2O3/c1-10-11(2)15(19)17(14(10)18)6-7-20-13-5-3-4-12(8-13)9-16/h3-5,8,10-11H,6-7H2,1-2H3. The summed E-state index contributed by atoms with van der Waals surface area (Å²) in [6.07, 6.45) is 0. The molecule has 0 bridgehead atoms. The summed E-state index contributed by atoms with van der Waals surface area (Å²) in [6.45, 7) is 4.00. The van der Waals surface area contributed by atoms with E-state index in [-0.39, 0.29) is 36.8 Å². The van der Waals surface area contributed by atoms with E-state index in [9.17, 15) is 9.59 Å². The van der Waals surface area contributed by atoms with Gasteiger partial charge in [-0.15, -0.1) is 0 Å². The number of nitrogens with zero attached hydrogens (tertiary/aromatic N) is 2. The number of hydrogen-bond donors (Lipinski definition) is 0. The highest BCUT2D eigenvalue weighted by molar-refractivity contribution is 6.04. The van der Waals surface area contributed by atoms with Gasteiger partial charge in [-0.25, -0.2) is 0 Å². The van der Waals surface area contributed by atoms with Crippen LogP contribution in [0.1, 0.15) is 19.4 Å². The van der Waals surface area contributed by atoms with Crippen molar-refractivity contribution >= 4 is 11.8 Å². The summed E-state index contributed by atoms with van der Waals surface area (Å²) in [5.74, 6) is -0.244. The molecular formula is C15H16N2O3. The second-order valence-corrected chi connectivity index (χ2v) is 4.89. The molecule has 104 valence electrons. The minimum absolute atomic E-state index is 0.142. The van der Waals surface area contributed by atoms with E-state index in [1.165, 1.54) is 4.90 Å². The average Bonchev–Trinajstić information content (AvgIpc) is 2.65. The highest BCUT2D eigenvalue weighted by Gasteiger charge is 2.41. The number of hydrogen-bond acceptors (Lipinski definition) is 4. The summed E-state index contributed by atoms with van der Waals surface area (Å²) >= 11 is 0. The van der Waals surface area contributed by atoms with Crippen molar-refractivity contribution in [3.05, 3.63) is 29.8 Å². The molecule has 1 aliphatic rings. The van der Waals surface area contributed by atoms with E-state index in [4.69, 9.17) is 10.00 Å². The summed E-state index contributed by atoms with van der Waals surface area (Å²) in [5.41, 5.74) is 0.512. The van der Waals surface area contributed by atoms with Gasteiger partial charge in [-0.2, -0.15) is 5.26 Å². The van der Waals surface area contributed by atoms with Gasteiger partial charge in [0.2, 0.25) is 11.8 Å². The number of benzene rings is 1. The molecular weight excluding hydrogens is 256 g/mol. The van der Waals surface area contributed by atoms with Crippen molar-refractivity contribution in [3.63, 3.8) is 0 Å². The van der Waals surface area contributed by atoms with Gasteiger partial charge in [0.05, 0.1) is 18.2 Å². The molecule has 0 radical (unpaired) electrons. The minimum Gasteiger partial charge on any atom is -0.492 e. The van der Waals surface area contributed by atoms with Gasteiger partial charge in [-0.05, 0) is 18.2 Å². The number of nitriles is 1. The Labute approximate surface area is 117 Å². The van der Waals surface area contributed by atoms with Gasteiger partial charge in [0, 0.05) is 11.8 Å². The fraction of sp³-hybridized carbons (Fsp3) is 0.400. The highest BCUT2D eigenvalue weighted by atomic mass is 16.5. The molecule has 0 aromatic heterocycles. The zero-order valence-corrected chi connectivity index (χ0v) is 11.5. The first-order valence-electron chi connectivity index (χ1n) is 6.52. The molecule has 1 aliphatic heterocycles. The topological polar surface area (TPSA) is 70.4 Å². The molecule has 2 unspecified atom stereocenters. The normalized spacial score (nSPS) is 21.9. The van der Waals surface area contributed by atoms with Crippen molar-refractivity contribution in [1.82, 2.24) is 4.90 Å². The number of carbonyl (C=O) groups excluding carboxylic acids is 2. The van der Waals surface area contributed by atoms with Crippen LogP contribution < -0.4 is 4.74 Å². The van der Waals surface area contributed by atoms with E-state index in [2.05, 4.69) is 0 Å². The molecule has 0 N–H and O–H groups in total.